The van der Waals surface area contributed by atoms with Crippen LogP contribution in [0.15, 0.2) is 48.5 Å². The van der Waals surface area contributed by atoms with E-state index in [4.69, 9.17) is 21.6 Å². The number of amides is 1. The van der Waals surface area contributed by atoms with E-state index in [1.807, 2.05) is 6.07 Å². The zero-order chi connectivity index (χ0) is 20.3. The summed E-state index contributed by atoms with van der Waals surface area (Å²) in [5, 5.41) is 32.5. The maximum Gasteiger partial charge on any atom is 0.342 e. The van der Waals surface area contributed by atoms with Gasteiger partial charge in [0.15, 0.2) is 6.61 Å². The van der Waals surface area contributed by atoms with Gasteiger partial charge in [0.2, 0.25) is 0 Å². The smallest absolute Gasteiger partial charge is 0.342 e. The molecule has 0 saturated heterocycles. The Morgan fingerprint density at radius 1 is 1.11 bits per heavy atom. The monoisotopic (exact) mass is 396 g/mol. The third-order valence-electron chi connectivity index (χ3n) is 3.92. The fraction of sp³-hybridized carbons (Fsp3) is 0.0500. The molecule has 7 nitrogen and oxygen atoms in total. The van der Waals surface area contributed by atoms with Crippen LogP contribution in [0.25, 0.3) is 10.8 Å². The van der Waals surface area contributed by atoms with Gasteiger partial charge in [0.05, 0.1) is 10.6 Å². The predicted molar refractivity (Wildman–Crippen MR) is 102 cm³/mol. The maximum absolute atomic E-state index is 12.2. The number of nitriles is 1. The summed E-state index contributed by atoms with van der Waals surface area (Å²) in [5.74, 6) is -2.15. The van der Waals surface area contributed by atoms with Crippen LogP contribution < -0.4 is 5.32 Å². The van der Waals surface area contributed by atoms with Gasteiger partial charge in [-0.3, -0.25) is 4.79 Å². The molecule has 0 atom stereocenters. The highest BCUT2D eigenvalue weighted by atomic mass is 35.5. The van der Waals surface area contributed by atoms with E-state index in [0.29, 0.717) is 11.1 Å². The Hall–Kier alpha value is -3.76. The number of esters is 1. The number of aromatic hydroxyl groups is 2. The van der Waals surface area contributed by atoms with Crippen LogP contribution in [0, 0.1) is 11.3 Å². The van der Waals surface area contributed by atoms with Gasteiger partial charge in [0.1, 0.15) is 23.1 Å². The zero-order valence-electron chi connectivity index (χ0n) is 14.3. The summed E-state index contributed by atoms with van der Waals surface area (Å²) in [4.78, 5) is 24.2. The summed E-state index contributed by atoms with van der Waals surface area (Å²) in [6.45, 7) is -0.622. The summed E-state index contributed by atoms with van der Waals surface area (Å²) in [6, 6.07) is 13.8. The molecule has 0 aliphatic carbocycles. The molecule has 0 aliphatic heterocycles. The van der Waals surface area contributed by atoms with E-state index in [0.717, 1.165) is 6.07 Å². The van der Waals surface area contributed by atoms with E-state index in [-0.39, 0.29) is 33.0 Å². The first-order chi connectivity index (χ1) is 13.4. The predicted octanol–water partition coefficient (Wildman–Crippen LogP) is 3.57. The van der Waals surface area contributed by atoms with Gasteiger partial charge in [-0.1, -0.05) is 35.9 Å². The Balaban J connectivity index is 1.70. The van der Waals surface area contributed by atoms with Crippen molar-refractivity contribution in [2.75, 3.05) is 11.9 Å². The highest BCUT2D eigenvalue weighted by Crippen LogP contribution is 2.35. The summed E-state index contributed by atoms with van der Waals surface area (Å²) in [6.07, 6.45) is 0. The molecule has 1 amide bonds. The Morgan fingerprint density at radius 2 is 1.82 bits per heavy atom. The third-order valence-corrected chi connectivity index (χ3v) is 4.23. The number of phenols is 2. The minimum atomic E-state index is -0.966. The van der Waals surface area contributed by atoms with E-state index < -0.39 is 18.5 Å². The first-order valence-corrected chi connectivity index (χ1v) is 8.39. The molecule has 0 unspecified atom stereocenters. The Labute approximate surface area is 164 Å². The Morgan fingerprint density at radius 3 is 2.50 bits per heavy atom. The lowest BCUT2D eigenvalue weighted by molar-refractivity contribution is -0.119. The van der Waals surface area contributed by atoms with Crippen LogP contribution in [0.1, 0.15) is 15.9 Å². The van der Waals surface area contributed by atoms with Gasteiger partial charge in [-0.15, -0.1) is 0 Å². The standard InChI is InChI=1S/C20H13ClN2O5/c21-16-7-12(6-5-11(16)9-22)23-18(25)10-28-20(27)15-8-17(24)13-3-1-2-4-14(13)19(15)26/h1-8,24,26H,10H2,(H,23,25). The number of ether oxygens (including phenoxy) is 1. The molecule has 3 rings (SSSR count). The number of nitrogens with one attached hydrogen (secondary N) is 1. The highest BCUT2D eigenvalue weighted by Gasteiger charge is 2.19. The van der Waals surface area contributed by atoms with Crippen LogP contribution in [0.5, 0.6) is 11.5 Å². The molecule has 8 heteroatoms. The van der Waals surface area contributed by atoms with Crippen molar-refractivity contribution >= 4 is 39.9 Å². The second-order valence-corrected chi connectivity index (χ2v) is 6.18. The molecule has 3 N–H and O–H groups in total. The molecular formula is C20H13ClN2O5. The van der Waals surface area contributed by atoms with Crippen LogP contribution in [0.3, 0.4) is 0 Å². The van der Waals surface area contributed by atoms with Crippen LogP contribution in [0.2, 0.25) is 5.02 Å². The average Bonchev–Trinajstić information content (AvgIpc) is 2.69. The number of hydrogen-bond acceptors (Lipinski definition) is 6. The lowest BCUT2D eigenvalue weighted by atomic mass is 10.0. The molecule has 0 aromatic heterocycles. The minimum Gasteiger partial charge on any atom is -0.507 e. The first kappa shape index (κ1) is 19.0. The van der Waals surface area contributed by atoms with Crippen LogP contribution >= 0.6 is 11.6 Å². The fourth-order valence-electron chi connectivity index (χ4n) is 2.59. The number of anilines is 1. The summed E-state index contributed by atoms with van der Waals surface area (Å²) in [5.41, 5.74) is 0.333. The fourth-order valence-corrected chi connectivity index (χ4v) is 2.81. The van der Waals surface area contributed by atoms with Crippen molar-refractivity contribution in [3.63, 3.8) is 0 Å². The summed E-state index contributed by atoms with van der Waals surface area (Å²) >= 11 is 5.89. The number of benzene rings is 3. The first-order valence-electron chi connectivity index (χ1n) is 8.01. The number of fused-ring (bicyclic) bond motifs is 1. The number of hydrogen-bond donors (Lipinski definition) is 3. The minimum absolute atomic E-state index is 0.175. The molecule has 0 fully saturated rings. The number of halogens is 1. The molecule has 0 spiro atoms. The molecule has 0 radical (unpaired) electrons. The second kappa shape index (κ2) is 7.86. The number of phenolic OH excluding ortho intramolecular Hbond substituents is 2. The van der Waals surface area contributed by atoms with Crippen molar-refractivity contribution in [1.29, 1.82) is 5.26 Å². The van der Waals surface area contributed by atoms with Crippen molar-refractivity contribution in [1.82, 2.24) is 0 Å². The summed E-state index contributed by atoms with van der Waals surface area (Å²) in [7, 11) is 0. The molecular weight excluding hydrogens is 384 g/mol. The second-order valence-electron chi connectivity index (χ2n) is 5.77. The van der Waals surface area contributed by atoms with Crippen molar-refractivity contribution in [3.8, 4) is 17.6 Å². The van der Waals surface area contributed by atoms with Crippen LogP contribution in [0.4, 0.5) is 5.69 Å². The van der Waals surface area contributed by atoms with Gasteiger partial charge >= 0.3 is 5.97 Å². The Kier molecular flexibility index (Phi) is 5.34. The lowest BCUT2D eigenvalue weighted by Crippen LogP contribution is -2.21. The quantitative estimate of drug-likeness (QED) is 0.458. The zero-order valence-corrected chi connectivity index (χ0v) is 15.0. The molecule has 3 aromatic rings. The molecule has 0 saturated carbocycles. The number of carbonyl (C=O) groups excluding carboxylic acids is 2. The van der Waals surface area contributed by atoms with Crippen molar-refractivity contribution in [2.45, 2.75) is 0 Å². The van der Waals surface area contributed by atoms with Crippen LogP contribution in [-0.4, -0.2) is 28.7 Å². The van der Waals surface area contributed by atoms with E-state index >= 15 is 0 Å². The van der Waals surface area contributed by atoms with Gasteiger partial charge in [0.25, 0.3) is 5.91 Å². The third kappa shape index (κ3) is 3.82. The topological polar surface area (TPSA) is 120 Å². The van der Waals surface area contributed by atoms with Crippen LogP contribution in [-0.2, 0) is 9.53 Å². The highest BCUT2D eigenvalue weighted by molar-refractivity contribution is 6.32. The van der Waals surface area contributed by atoms with Gasteiger partial charge in [0, 0.05) is 16.5 Å². The number of carbonyl (C=O) groups is 2. The lowest BCUT2D eigenvalue weighted by Gasteiger charge is -2.10. The molecule has 140 valence electrons. The van der Waals surface area contributed by atoms with Gasteiger partial charge in [-0.05, 0) is 24.3 Å². The normalized spacial score (nSPS) is 10.3. The van der Waals surface area contributed by atoms with Crippen molar-refractivity contribution < 1.29 is 24.5 Å². The van der Waals surface area contributed by atoms with E-state index in [1.54, 1.807) is 24.3 Å². The van der Waals surface area contributed by atoms with E-state index in [2.05, 4.69) is 5.32 Å². The van der Waals surface area contributed by atoms with Gasteiger partial charge < -0.3 is 20.3 Å². The molecule has 0 aliphatic rings. The van der Waals surface area contributed by atoms with Crippen molar-refractivity contribution in [3.05, 3.63) is 64.7 Å². The molecule has 3 aromatic carbocycles. The van der Waals surface area contributed by atoms with Gasteiger partial charge in [-0.2, -0.15) is 5.26 Å². The number of nitrogens with zero attached hydrogens (tertiary/aromatic N) is 1. The average molecular weight is 397 g/mol. The van der Waals surface area contributed by atoms with Crippen molar-refractivity contribution in [2.24, 2.45) is 0 Å². The van der Waals surface area contributed by atoms with Gasteiger partial charge in [-0.25, -0.2) is 4.79 Å². The maximum atomic E-state index is 12.2. The number of rotatable bonds is 4. The van der Waals surface area contributed by atoms with E-state index in [1.165, 1.54) is 18.2 Å². The molecule has 28 heavy (non-hydrogen) atoms. The molecule has 0 bridgehead atoms. The molecule has 0 heterocycles. The largest absolute Gasteiger partial charge is 0.507 e. The summed E-state index contributed by atoms with van der Waals surface area (Å²) < 4.78 is 4.91. The van der Waals surface area contributed by atoms with E-state index in [9.17, 15) is 19.8 Å². The SMILES string of the molecule is N#Cc1ccc(NC(=O)COC(=O)c2cc(O)c3ccccc3c2O)cc1Cl. The Bertz CT molecular complexity index is 1140.